The van der Waals surface area contributed by atoms with Gasteiger partial charge in [0.15, 0.2) is 5.78 Å². The molecule has 0 aromatic heterocycles. The molecule has 0 spiro atoms. The molecule has 3 heteroatoms. The fraction of sp³-hybridized carbons (Fsp3) is 0.435. The minimum absolute atomic E-state index is 0.0713. The van der Waals surface area contributed by atoms with E-state index in [9.17, 15) is 9.18 Å². The Morgan fingerprint density at radius 2 is 1.65 bits per heavy atom. The molecule has 0 unspecified atom stereocenters. The van der Waals surface area contributed by atoms with Gasteiger partial charge < -0.3 is 4.90 Å². The van der Waals surface area contributed by atoms with Gasteiger partial charge in [-0.25, -0.2) is 4.39 Å². The number of piperidine rings is 1. The van der Waals surface area contributed by atoms with Gasteiger partial charge in [-0.15, -0.1) is 0 Å². The van der Waals surface area contributed by atoms with Gasteiger partial charge in [0, 0.05) is 18.0 Å². The van der Waals surface area contributed by atoms with Crippen LogP contribution in [0.5, 0.6) is 0 Å². The number of ketones is 1. The van der Waals surface area contributed by atoms with Crippen LogP contribution in [0.2, 0.25) is 0 Å². The molecule has 0 saturated carbocycles. The van der Waals surface area contributed by atoms with E-state index >= 15 is 0 Å². The van der Waals surface area contributed by atoms with E-state index in [1.54, 1.807) is 12.1 Å². The maximum atomic E-state index is 13.0. The molecule has 26 heavy (non-hydrogen) atoms. The molecule has 0 atom stereocenters. The van der Waals surface area contributed by atoms with Gasteiger partial charge in [0.2, 0.25) is 0 Å². The molecule has 0 aliphatic carbocycles. The maximum absolute atomic E-state index is 13.0. The number of carbonyl (C=O) groups excluding carboxylic acids is 1. The Bertz CT molecular complexity index is 713. The lowest BCUT2D eigenvalue weighted by atomic mass is 9.89. The molecule has 2 nitrogen and oxygen atoms in total. The number of carbonyl (C=O) groups is 1. The predicted molar refractivity (Wildman–Crippen MR) is 104 cm³/mol. The number of hydrogen-bond acceptors (Lipinski definition) is 2. The monoisotopic (exact) mass is 353 g/mol. The summed E-state index contributed by atoms with van der Waals surface area (Å²) >= 11 is 0. The molecule has 1 heterocycles. The molecule has 138 valence electrons. The van der Waals surface area contributed by atoms with E-state index in [1.165, 1.54) is 23.3 Å². The van der Waals surface area contributed by atoms with E-state index in [-0.39, 0.29) is 17.5 Å². The van der Waals surface area contributed by atoms with Gasteiger partial charge in [-0.1, -0.05) is 38.1 Å². The zero-order chi connectivity index (χ0) is 18.5. The number of likely N-dealkylation sites (tertiary alicyclic amines) is 1. The van der Waals surface area contributed by atoms with Gasteiger partial charge in [-0.2, -0.15) is 0 Å². The van der Waals surface area contributed by atoms with Crippen LogP contribution in [0, 0.1) is 11.7 Å². The lowest BCUT2D eigenvalue weighted by Gasteiger charge is -2.31. The first-order valence-corrected chi connectivity index (χ1v) is 9.64. The fourth-order valence-electron chi connectivity index (χ4n) is 3.63. The van der Waals surface area contributed by atoms with Crippen molar-refractivity contribution in [3.8, 4) is 0 Å². The normalized spacial score (nSPS) is 16.2. The maximum Gasteiger partial charge on any atom is 0.166 e. The molecule has 2 aromatic carbocycles. The molecular formula is C23H28FNO. The Morgan fingerprint density at radius 1 is 1.04 bits per heavy atom. The highest BCUT2D eigenvalue weighted by Crippen LogP contribution is 2.22. The van der Waals surface area contributed by atoms with E-state index in [1.807, 2.05) is 0 Å². The van der Waals surface area contributed by atoms with Gasteiger partial charge in [0.05, 0.1) is 0 Å². The summed E-state index contributed by atoms with van der Waals surface area (Å²) in [6.07, 6.45) is 2.83. The number of benzene rings is 2. The van der Waals surface area contributed by atoms with Crippen molar-refractivity contribution >= 4 is 5.78 Å². The zero-order valence-corrected chi connectivity index (χ0v) is 15.7. The average Bonchev–Trinajstić information content (AvgIpc) is 2.67. The third-order valence-electron chi connectivity index (χ3n) is 5.45. The van der Waals surface area contributed by atoms with Crippen molar-refractivity contribution in [3.05, 3.63) is 71.0 Å². The summed E-state index contributed by atoms with van der Waals surface area (Å²) < 4.78 is 13.0. The van der Waals surface area contributed by atoms with Crippen LogP contribution in [-0.4, -0.2) is 30.3 Å². The van der Waals surface area contributed by atoms with Crippen molar-refractivity contribution in [2.24, 2.45) is 5.92 Å². The second kappa shape index (κ2) is 8.59. The smallest absolute Gasteiger partial charge is 0.166 e. The van der Waals surface area contributed by atoms with Gasteiger partial charge in [-0.3, -0.25) is 4.79 Å². The molecule has 0 bridgehead atoms. The van der Waals surface area contributed by atoms with Crippen molar-refractivity contribution in [1.29, 1.82) is 0 Å². The summed E-state index contributed by atoms with van der Waals surface area (Å²) in [5.74, 6) is 0.510. The van der Waals surface area contributed by atoms with Crippen LogP contribution in [-0.2, 0) is 6.42 Å². The second-order valence-corrected chi connectivity index (χ2v) is 7.63. The third-order valence-corrected chi connectivity index (χ3v) is 5.45. The molecule has 1 fully saturated rings. The van der Waals surface area contributed by atoms with E-state index in [0.29, 0.717) is 11.5 Å². The largest absolute Gasteiger partial charge is 0.303 e. The first-order valence-electron chi connectivity index (χ1n) is 9.64. The molecule has 1 saturated heterocycles. The molecular weight excluding hydrogens is 325 g/mol. The van der Waals surface area contributed by atoms with E-state index in [4.69, 9.17) is 0 Å². The summed E-state index contributed by atoms with van der Waals surface area (Å²) in [7, 11) is 0. The van der Waals surface area contributed by atoms with Gasteiger partial charge in [-0.05, 0) is 73.7 Å². The van der Waals surface area contributed by atoms with Gasteiger partial charge in [0.1, 0.15) is 5.82 Å². The summed E-state index contributed by atoms with van der Waals surface area (Å²) in [5, 5.41) is 0. The Balaban J connectivity index is 1.46. The number of Topliss-reactive ketones (excluding diaryl/α,β-unsaturated/α-hetero) is 1. The average molecular weight is 353 g/mol. The molecule has 2 aromatic rings. The molecule has 0 radical (unpaired) electrons. The summed E-state index contributed by atoms with van der Waals surface area (Å²) in [5.41, 5.74) is 3.39. The van der Waals surface area contributed by atoms with Crippen molar-refractivity contribution in [2.75, 3.05) is 19.6 Å². The van der Waals surface area contributed by atoms with Crippen molar-refractivity contribution in [3.63, 3.8) is 0 Å². The Hall–Kier alpha value is -2.00. The summed E-state index contributed by atoms with van der Waals surface area (Å²) in [6.45, 7) is 7.39. The van der Waals surface area contributed by atoms with E-state index in [0.717, 1.165) is 38.9 Å². The highest BCUT2D eigenvalue weighted by molar-refractivity contribution is 5.97. The van der Waals surface area contributed by atoms with Crippen LogP contribution in [0.3, 0.4) is 0 Å². The summed E-state index contributed by atoms with van der Waals surface area (Å²) in [4.78, 5) is 15.0. The minimum atomic E-state index is -0.294. The summed E-state index contributed by atoms with van der Waals surface area (Å²) in [6, 6.07) is 14.9. The van der Waals surface area contributed by atoms with Crippen molar-refractivity contribution in [1.82, 2.24) is 4.90 Å². The highest BCUT2D eigenvalue weighted by atomic mass is 19.1. The predicted octanol–water partition coefficient (Wildman–Crippen LogP) is 5.09. The van der Waals surface area contributed by atoms with Gasteiger partial charge >= 0.3 is 0 Å². The van der Waals surface area contributed by atoms with Crippen LogP contribution < -0.4 is 0 Å². The van der Waals surface area contributed by atoms with Crippen LogP contribution in [0.25, 0.3) is 0 Å². The van der Waals surface area contributed by atoms with E-state index in [2.05, 4.69) is 43.0 Å². The standard InChI is InChI=1S/C23H28FNO/c1-17(2)19-5-3-18(4-6-19)11-14-25-15-12-21(13-16-25)23(26)20-7-9-22(24)10-8-20/h3-10,17,21H,11-16H2,1-2H3. The van der Waals surface area contributed by atoms with Crippen molar-refractivity contribution in [2.45, 2.75) is 39.0 Å². The molecule has 1 aliphatic heterocycles. The number of nitrogens with zero attached hydrogens (tertiary/aromatic N) is 1. The third kappa shape index (κ3) is 4.79. The van der Waals surface area contributed by atoms with Crippen LogP contribution in [0.15, 0.2) is 48.5 Å². The fourth-order valence-corrected chi connectivity index (χ4v) is 3.63. The van der Waals surface area contributed by atoms with Crippen LogP contribution in [0.1, 0.15) is 54.1 Å². The topological polar surface area (TPSA) is 20.3 Å². The van der Waals surface area contributed by atoms with Crippen molar-refractivity contribution < 1.29 is 9.18 Å². The number of rotatable bonds is 6. The Morgan fingerprint density at radius 3 is 2.23 bits per heavy atom. The first kappa shape index (κ1) is 18.8. The Kier molecular flexibility index (Phi) is 6.20. The lowest BCUT2D eigenvalue weighted by molar-refractivity contribution is 0.0841. The second-order valence-electron chi connectivity index (χ2n) is 7.63. The zero-order valence-electron chi connectivity index (χ0n) is 15.7. The van der Waals surface area contributed by atoms with Crippen LogP contribution in [0.4, 0.5) is 4.39 Å². The Labute approximate surface area is 156 Å². The van der Waals surface area contributed by atoms with Gasteiger partial charge in [0.25, 0.3) is 0 Å². The molecule has 3 rings (SSSR count). The van der Waals surface area contributed by atoms with Crippen LogP contribution >= 0.6 is 0 Å². The number of hydrogen-bond donors (Lipinski definition) is 0. The highest BCUT2D eigenvalue weighted by Gasteiger charge is 2.25. The first-order chi connectivity index (χ1) is 12.5. The number of halogens is 1. The SMILES string of the molecule is CC(C)c1ccc(CCN2CCC(C(=O)c3ccc(F)cc3)CC2)cc1. The minimum Gasteiger partial charge on any atom is -0.303 e. The lowest BCUT2D eigenvalue weighted by Crippen LogP contribution is -2.37. The molecule has 0 N–H and O–H groups in total. The quantitative estimate of drug-likeness (QED) is 0.675. The molecule has 1 aliphatic rings. The van der Waals surface area contributed by atoms with E-state index < -0.39 is 0 Å². The molecule has 0 amide bonds.